The number of aromatic nitrogens is 4. The highest BCUT2D eigenvalue weighted by Crippen LogP contribution is 2.46. The van der Waals surface area contributed by atoms with E-state index in [1.165, 1.54) is 18.2 Å². The number of anilines is 1. The number of imidazole rings is 1. The molecule has 3 aliphatic rings. The SMILES string of the molecule is O=C(O)[C@H]1[C@H]2CC[C@H](CC2)[C@@H]1Nc1nc(-c2c[nH]c3ncc(F)cc23)n2ccc(F)cc12. The average Bonchev–Trinajstić information content (AvgIpc) is 3.35. The number of carboxylic acids is 1. The van der Waals surface area contributed by atoms with Gasteiger partial charge in [0.25, 0.3) is 0 Å². The van der Waals surface area contributed by atoms with Crippen LogP contribution in [0.3, 0.4) is 0 Å². The minimum Gasteiger partial charge on any atom is -0.481 e. The van der Waals surface area contributed by atoms with Gasteiger partial charge in [0, 0.05) is 35.5 Å². The molecule has 0 unspecified atom stereocenters. The molecule has 4 aromatic heterocycles. The maximum atomic E-state index is 14.2. The van der Waals surface area contributed by atoms with Crippen molar-refractivity contribution in [3.05, 3.63) is 48.4 Å². The Hall–Kier alpha value is -3.49. The van der Waals surface area contributed by atoms with E-state index in [0.717, 1.165) is 31.9 Å². The number of aromatic amines is 1. The average molecular weight is 437 g/mol. The molecule has 0 aromatic carbocycles. The summed E-state index contributed by atoms with van der Waals surface area (Å²) in [6, 6.07) is 3.82. The standard InChI is InChI=1S/C23H21F2N5O2/c24-13-5-6-30-17(8-13)21(28-19-12-3-1-11(2-4-12)18(19)23(31)32)29-22(30)16-10-27-20-15(16)7-14(25)9-26-20/h5-12,18-19,28H,1-4H2,(H,26,27)(H,31,32)/t11-,12+,18-,19-/m0/s1. The summed E-state index contributed by atoms with van der Waals surface area (Å²) < 4.78 is 29.8. The fourth-order valence-electron chi connectivity index (χ4n) is 5.69. The molecule has 3 N–H and O–H groups in total. The Kier molecular flexibility index (Phi) is 4.21. The number of carboxylic acid groups (broad SMARTS) is 1. The number of pyridine rings is 2. The smallest absolute Gasteiger partial charge is 0.308 e. The predicted molar refractivity (Wildman–Crippen MR) is 114 cm³/mol. The summed E-state index contributed by atoms with van der Waals surface area (Å²) in [6.45, 7) is 0. The fraction of sp³-hybridized carbons (Fsp3) is 0.348. The molecule has 32 heavy (non-hydrogen) atoms. The maximum absolute atomic E-state index is 14.2. The number of aliphatic carboxylic acids is 1. The van der Waals surface area contributed by atoms with Crippen LogP contribution in [0.4, 0.5) is 14.6 Å². The fourth-order valence-corrected chi connectivity index (χ4v) is 5.69. The van der Waals surface area contributed by atoms with Crippen LogP contribution in [0.1, 0.15) is 25.7 Å². The van der Waals surface area contributed by atoms with Crippen molar-refractivity contribution < 1.29 is 18.7 Å². The van der Waals surface area contributed by atoms with Gasteiger partial charge in [-0.3, -0.25) is 9.20 Å². The lowest BCUT2D eigenvalue weighted by molar-refractivity contribution is -0.148. The van der Waals surface area contributed by atoms with Gasteiger partial charge in [0.15, 0.2) is 5.82 Å². The summed E-state index contributed by atoms with van der Waals surface area (Å²) in [4.78, 5) is 23.9. The molecule has 7 nitrogen and oxygen atoms in total. The van der Waals surface area contributed by atoms with Gasteiger partial charge in [0.1, 0.15) is 23.1 Å². The minimum absolute atomic E-state index is 0.141. The number of fused-ring (bicyclic) bond motifs is 5. The zero-order valence-corrected chi connectivity index (χ0v) is 17.1. The van der Waals surface area contributed by atoms with E-state index < -0.39 is 23.5 Å². The van der Waals surface area contributed by atoms with Crippen LogP contribution in [0.5, 0.6) is 0 Å². The molecule has 7 rings (SSSR count). The van der Waals surface area contributed by atoms with Crippen LogP contribution >= 0.6 is 0 Å². The molecular formula is C23H21F2N5O2. The molecule has 0 aliphatic heterocycles. The third kappa shape index (κ3) is 2.87. The molecule has 3 saturated carbocycles. The van der Waals surface area contributed by atoms with E-state index in [0.29, 0.717) is 33.8 Å². The van der Waals surface area contributed by atoms with Crippen molar-refractivity contribution in [3.8, 4) is 11.4 Å². The Bertz CT molecular complexity index is 1360. The summed E-state index contributed by atoms with van der Waals surface area (Å²) in [7, 11) is 0. The van der Waals surface area contributed by atoms with Crippen LogP contribution < -0.4 is 5.32 Å². The second-order valence-electron chi connectivity index (χ2n) is 8.85. The summed E-state index contributed by atoms with van der Waals surface area (Å²) in [5, 5.41) is 13.8. The highest BCUT2D eigenvalue weighted by atomic mass is 19.1. The third-order valence-electron chi connectivity index (χ3n) is 7.15. The highest BCUT2D eigenvalue weighted by molar-refractivity contribution is 5.93. The summed E-state index contributed by atoms with van der Waals surface area (Å²) in [5.74, 6) is -0.877. The molecule has 0 radical (unpaired) electrons. The van der Waals surface area contributed by atoms with E-state index >= 15 is 0 Å². The van der Waals surface area contributed by atoms with Gasteiger partial charge in [-0.2, -0.15) is 0 Å². The quantitative estimate of drug-likeness (QED) is 0.438. The molecule has 3 fully saturated rings. The van der Waals surface area contributed by atoms with Gasteiger partial charge in [0.05, 0.1) is 17.6 Å². The third-order valence-corrected chi connectivity index (χ3v) is 7.15. The molecule has 9 heteroatoms. The second-order valence-corrected chi connectivity index (χ2v) is 8.85. The van der Waals surface area contributed by atoms with Crippen molar-refractivity contribution >= 4 is 28.3 Å². The number of carbonyl (C=O) groups is 1. The zero-order valence-electron chi connectivity index (χ0n) is 17.1. The van der Waals surface area contributed by atoms with Gasteiger partial charge in [-0.25, -0.2) is 18.7 Å². The van der Waals surface area contributed by atoms with Crippen LogP contribution in [0.25, 0.3) is 27.9 Å². The first-order valence-corrected chi connectivity index (χ1v) is 10.8. The number of nitrogens with zero attached hydrogens (tertiary/aromatic N) is 3. The predicted octanol–water partition coefficient (Wildman–Crippen LogP) is 4.46. The van der Waals surface area contributed by atoms with Gasteiger partial charge in [-0.05, 0) is 49.7 Å². The molecule has 0 spiro atoms. The molecule has 164 valence electrons. The zero-order chi connectivity index (χ0) is 22.0. The van der Waals surface area contributed by atoms with Gasteiger partial charge < -0.3 is 15.4 Å². The van der Waals surface area contributed by atoms with Gasteiger partial charge in [-0.1, -0.05) is 0 Å². The number of hydrogen-bond acceptors (Lipinski definition) is 4. The van der Waals surface area contributed by atoms with Crippen LogP contribution in [0.2, 0.25) is 0 Å². The lowest BCUT2D eigenvalue weighted by atomic mass is 9.61. The van der Waals surface area contributed by atoms with Crippen molar-refractivity contribution in [1.29, 1.82) is 0 Å². The minimum atomic E-state index is -0.801. The van der Waals surface area contributed by atoms with Crippen molar-refractivity contribution in [2.45, 2.75) is 31.7 Å². The van der Waals surface area contributed by atoms with E-state index in [1.54, 1.807) is 16.8 Å². The molecule has 2 bridgehead atoms. The molecule has 0 amide bonds. The molecule has 4 aromatic rings. The number of nitrogens with one attached hydrogen (secondary N) is 2. The topological polar surface area (TPSA) is 95.3 Å². The van der Waals surface area contributed by atoms with E-state index in [1.807, 2.05) is 0 Å². The largest absolute Gasteiger partial charge is 0.481 e. The number of H-pyrrole nitrogens is 1. The van der Waals surface area contributed by atoms with Gasteiger partial charge in [-0.15, -0.1) is 0 Å². The Morgan fingerprint density at radius 2 is 1.94 bits per heavy atom. The van der Waals surface area contributed by atoms with E-state index in [2.05, 4.69) is 15.3 Å². The lowest BCUT2D eigenvalue weighted by Crippen LogP contribution is -2.51. The normalized spacial score (nSPS) is 24.9. The van der Waals surface area contributed by atoms with Crippen molar-refractivity contribution in [2.75, 3.05) is 5.32 Å². The van der Waals surface area contributed by atoms with Crippen molar-refractivity contribution in [3.63, 3.8) is 0 Å². The van der Waals surface area contributed by atoms with Gasteiger partial charge in [0.2, 0.25) is 0 Å². The first kappa shape index (κ1) is 19.2. The highest BCUT2D eigenvalue weighted by Gasteiger charge is 2.47. The second kappa shape index (κ2) is 7.01. The molecule has 0 saturated heterocycles. The molecule has 3 aliphatic carbocycles. The van der Waals surface area contributed by atoms with Crippen molar-refractivity contribution in [2.24, 2.45) is 17.8 Å². The number of halogens is 2. The summed E-state index contributed by atoms with van der Waals surface area (Å²) in [6.07, 6.45) is 8.22. The first-order valence-electron chi connectivity index (χ1n) is 10.8. The molecular weight excluding hydrogens is 416 g/mol. The Morgan fingerprint density at radius 1 is 1.16 bits per heavy atom. The molecule has 2 atom stereocenters. The number of rotatable bonds is 4. The van der Waals surface area contributed by atoms with Crippen LogP contribution in [-0.4, -0.2) is 36.5 Å². The van der Waals surface area contributed by atoms with Crippen LogP contribution in [0.15, 0.2) is 36.8 Å². The monoisotopic (exact) mass is 437 g/mol. The first-order chi connectivity index (χ1) is 15.5. The van der Waals surface area contributed by atoms with Crippen molar-refractivity contribution in [1.82, 2.24) is 19.4 Å². The Balaban J connectivity index is 1.49. The Morgan fingerprint density at radius 3 is 2.72 bits per heavy atom. The van der Waals surface area contributed by atoms with Crippen LogP contribution in [0, 0.1) is 29.4 Å². The van der Waals surface area contributed by atoms with E-state index in [9.17, 15) is 18.7 Å². The van der Waals surface area contributed by atoms with Crippen LogP contribution in [-0.2, 0) is 4.79 Å². The van der Waals surface area contributed by atoms with E-state index in [-0.39, 0.29) is 17.9 Å². The lowest BCUT2D eigenvalue weighted by Gasteiger charge is -2.47. The Labute approximate surface area is 181 Å². The summed E-state index contributed by atoms with van der Waals surface area (Å²) >= 11 is 0. The maximum Gasteiger partial charge on any atom is 0.308 e. The summed E-state index contributed by atoms with van der Waals surface area (Å²) in [5.41, 5.74) is 1.65. The molecule has 4 heterocycles. The van der Waals surface area contributed by atoms with Gasteiger partial charge >= 0.3 is 5.97 Å². The number of hydrogen-bond donors (Lipinski definition) is 3. The van der Waals surface area contributed by atoms with E-state index in [4.69, 9.17) is 4.98 Å².